The molecule has 2 aliphatic rings. The topological polar surface area (TPSA) is 68.1 Å². The average Bonchev–Trinajstić information content (AvgIpc) is 3.39. The maximum absolute atomic E-state index is 13.1. The monoisotopic (exact) mass is 412 g/mol. The summed E-state index contributed by atoms with van der Waals surface area (Å²) in [6.45, 7) is 4.76. The Kier molecular flexibility index (Phi) is 4.29. The van der Waals surface area contributed by atoms with E-state index in [-0.39, 0.29) is 5.92 Å². The molecule has 6 nitrogen and oxygen atoms in total. The molecule has 0 amide bonds. The molecule has 0 unspecified atom stereocenters. The van der Waals surface area contributed by atoms with Crippen LogP contribution in [0, 0.1) is 5.95 Å². The summed E-state index contributed by atoms with van der Waals surface area (Å²) in [6.07, 6.45) is 5.33. The molecule has 1 fully saturated rings. The van der Waals surface area contributed by atoms with E-state index in [9.17, 15) is 12.8 Å². The van der Waals surface area contributed by atoms with Gasteiger partial charge in [-0.3, -0.25) is 9.58 Å². The number of fused-ring (bicyclic) bond motifs is 3. The maximum atomic E-state index is 13.1. The molecule has 1 saturated heterocycles. The minimum absolute atomic E-state index is 0.0513. The summed E-state index contributed by atoms with van der Waals surface area (Å²) in [6, 6.07) is 8.39. The fourth-order valence-corrected chi connectivity index (χ4v) is 6.69. The zero-order valence-electron chi connectivity index (χ0n) is 16.0. The normalized spacial score (nSPS) is 22.6. The lowest BCUT2D eigenvalue weighted by atomic mass is 9.95. The Morgan fingerprint density at radius 1 is 1.14 bits per heavy atom. The number of aryl methyl sites for hydroxylation is 1. The van der Waals surface area contributed by atoms with E-state index in [2.05, 4.69) is 15.0 Å². The molecule has 0 aliphatic carbocycles. The predicted molar refractivity (Wildman–Crippen MR) is 107 cm³/mol. The second kappa shape index (κ2) is 6.74. The number of nitrogens with zero attached hydrogens (tertiary/aromatic N) is 4. The van der Waals surface area contributed by atoms with Crippen LogP contribution < -0.4 is 0 Å². The fourth-order valence-electron chi connectivity index (χ4n) is 4.50. The summed E-state index contributed by atoms with van der Waals surface area (Å²) in [5.41, 5.74) is 3.59. The standard InChI is InChI=1S/C21H21FN4O2S/c1-2-26-11-14(8-24-26)10-25-12-18-17-7-15(16-4-6-21(22)23-9-16)3-5-19(17)29(27,28)20(18)13-25/h3-9,11,18,20H,2,10,12-13H2,1H3/t18-,20-/m1/s1. The highest BCUT2D eigenvalue weighted by Gasteiger charge is 2.50. The van der Waals surface area contributed by atoms with Crippen molar-refractivity contribution in [1.82, 2.24) is 19.7 Å². The molecule has 3 aromatic rings. The average molecular weight is 412 g/mol. The van der Waals surface area contributed by atoms with Gasteiger partial charge in [-0.1, -0.05) is 6.07 Å². The molecule has 29 heavy (non-hydrogen) atoms. The summed E-state index contributed by atoms with van der Waals surface area (Å²) >= 11 is 0. The van der Waals surface area contributed by atoms with Crippen LogP contribution in [0.25, 0.3) is 11.1 Å². The first-order valence-corrected chi connectivity index (χ1v) is 11.2. The highest BCUT2D eigenvalue weighted by molar-refractivity contribution is 7.92. The number of pyridine rings is 1. The summed E-state index contributed by atoms with van der Waals surface area (Å²) in [5, 5.41) is 3.89. The number of rotatable bonds is 4. The van der Waals surface area contributed by atoms with Crippen LogP contribution in [0.1, 0.15) is 24.0 Å². The van der Waals surface area contributed by atoms with E-state index in [1.165, 1.54) is 12.3 Å². The molecule has 2 aromatic heterocycles. The van der Waals surface area contributed by atoms with Gasteiger partial charge in [0.25, 0.3) is 0 Å². The summed E-state index contributed by atoms with van der Waals surface area (Å²) in [4.78, 5) is 6.34. The number of benzene rings is 1. The van der Waals surface area contributed by atoms with Gasteiger partial charge >= 0.3 is 0 Å². The van der Waals surface area contributed by atoms with Crippen LogP contribution in [0.3, 0.4) is 0 Å². The minimum Gasteiger partial charge on any atom is -0.297 e. The first-order valence-electron chi connectivity index (χ1n) is 9.69. The van der Waals surface area contributed by atoms with Gasteiger partial charge in [-0.2, -0.15) is 9.49 Å². The van der Waals surface area contributed by atoms with Crippen molar-refractivity contribution in [3.63, 3.8) is 0 Å². The van der Waals surface area contributed by atoms with Gasteiger partial charge in [-0.05, 0) is 42.3 Å². The van der Waals surface area contributed by atoms with Gasteiger partial charge in [-0.25, -0.2) is 13.4 Å². The van der Waals surface area contributed by atoms with Crippen molar-refractivity contribution in [1.29, 1.82) is 0 Å². The molecular formula is C21H21FN4O2S. The Morgan fingerprint density at radius 3 is 2.69 bits per heavy atom. The van der Waals surface area contributed by atoms with Gasteiger partial charge < -0.3 is 0 Å². The van der Waals surface area contributed by atoms with Gasteiger partial charge in [0.1, 0.15) is 0 Å². The molecule has 2 atom stereocenters. The lowest BCUT2D eigenvalue weighted by Gasteiger charge is -2.16. The molecule has 0 saturated carbocycles. The highest BCUT2D eigenvalue weighted by Crippen LogP contribution is 2.46. The zero-order chi connectivity index (χ0) is 20.2. The highest BCUT2D eigenvalue weighted by atomic mass is 32.2. The van der Waals surface area contributed by atoms with Gasteiger partial charge in [-0.15, -0.1) is 0 Å². The lowest BCUT2D eigenvalue weighted by Crippen LogP contribution is -2.25. The third-order valence-electron chi connectivity index (χ3n) is 5.93. The van der Waals surface area contributed by atoms with Crippen molar-refractivity contribution in [3.05, 3.63) is 66.0 Å². The number of halogens is 1. The van der Waals surface area contributed by atoms with Gasteiger partial charge in [0, 0.05) is 55.6 Å². The van der Waals surface area contributed by atoms with Gasteiger partial charge in [0.15, 0.2) is 9.84 Å². The SMILES string of the molecule is CCn1cc(CN2C[C@@H]3c4cc(-c5ccc(F)nc5)ccc4S(=O)(=O)[C@@H]3C2)cn1. The van der Waals surface area contributed by atoms with Crippen LogP contribution in [0.5, 0.6) is 0 Å². The molecule has 150 valence electrons. The van der Waals surface area contributed by atoms with Crippen molar-refractivity contribution in [3.8, 4) is 11.1 Å². The van der Waals surface area contributed by atoms with Crippen molar-refractivity contribution in [2.45, 2.75) is 36.1 Å². The molecule has 0 N–H and O–H groups in total. The molecule has 2 aliphatic heterocycles. The molecule has 4 heterocycles. The fraction of sp³-hybridized carbons (Fsp3) is 0.333. The van der Waals surface area contributed by atoms with E-state index in [4.69, 9.17) is 0 Å². The van der Waals surface area contributed by atoms with Crippen molar-refractivity contribution >= 4 is 9.84 Å². The maximum Gasteiger partial charge on any atom is 0.212 e. The van der Waals surface area contributed by atoms with E-state index in [1.54, 1.807) is 18.2 Å². The Balaban J connectivity index is 1.45. The molecule has 5 rings (SSSR count). The first kappa shape index (κ1) is 18.4. The van der Waals surface area contributed by atoms with E-state index in [0.717, 1.165) is 28.8 Å². The number of hydrogen-bond acceptors (Lipinski definition) is 5. The van der Waals surface area contributed by atoms with Gasteiger partial charge in [0.2, 0.25) is 5.95 Å². The Hall–Kier alpha value is -2.58. The lowest BCUT2D eigenvalue weighted by molar-refractivity contribution is 0.325. The van der Waals surface area contributed by atoms with E-state index < -0.39 is 21.0 Å². The van der Waals surface area contributed by atoms with E-state index >= 15 is 0 Å². The summed E-state index contributed by atoms with van der Waals surface area (Å²) in [5.74, 6) is -0.583. The van der Waals surface area contributed by atoms with Crippen molar-refractivity contribution in [2.75, 3.05) is 13.1 Å². The predicted octanol–water partition coefficient (Wildman–Crippen LogP) is 2.86. The minimum atomic E-state index is -3.35. The van der Waals surface area contributed by atoms with Crippen LogP contribution in [0.15, 0.2) is 53.8 Å². The zero-order valence-corrected chi connectivity index (χ0v) is 16.8. The Bertz CT molecular complexity index is 1170. The van der Waals surface area contributed by atoms with Crippen LogP contribution in [0.4, 0.5) is 4.39 Å². The third-order valence-corrected chi connectivity index (χ3v) is 8.19. The second-order valence-electron chi connectivity index (χ2n) is 7.71. The van der Waals surface area contributed by atoms with Crippen LogP contribution in [-0.4, -0.2) is 46.4 Å². The van der Waals surface area contributed by atoms with Crippen molar-refractivity contribution in [2.24, 2.45) is 0 Å². The Labute approximate surface area is 168 Å². The number of hydrogen-bond donors (Lipinski definition) is 0. The first-order chi connectivity index (χ1) is 14.0. The molecule has 8 heteroatoms. The van der Waals surface area contributed by atoms with E-state index in [1.807, 2.05) is 30.1 Å². The van der Waals surface area contributed by atoms with E-state index in [0.29, 0.717) is 24.5 Å². The molecule has 1 aromatic carbocycles. The summed E-state index contributed by atoms with van der Waals surface area (Å²) in [7, 11) is -3.35. The number of aromatic nitrogens is 3. The van der Waals surface area contributed by atoms with Crippen LogP contribution in [-0.2, 0) is 22.9 Å². The number of likely N-dealkylation sites (tertiary alicyclic amines) is 1. The molecule has 0 radical (unpaired) electrons. The largest absolute Gasteiger partial charge is 0.297 e. The summed E-state index contributed by atoms with van der Waals surface area (Å²) < 4.78 is 41.2. The number of sulfone groups is 1. The van der Waals surface area contributed by atoms with Crippen LogP contribution in [0.2, 0.25) is 0 Å². The second-order valence-corrected chi connectivity index (χ2v) is 9.85. The molecule has 0 bridgehead atoms. The smallest absolute Gasteiger partial charge is 0.212 e. The Morgan fingerprint density at radius 2 is 1.97 bits per heavy atom. The van der Waals surface area contributed by atoms with Gasteiger partial charge in [0.05, 0.1) is 16.3 Å². The van der Waals surface area contributed by atoms with Crippen molar-refractivity contribution < 1.29 is 12.8 Å². The van der Waals surface area contributed by atoms with Crippen LogP contribution >= 0.6 is 0 Å². The quantitative estimate of drug-likeness (QED) is 0.617. The third kappa shape index (κ3) is 3.07. The molecule has 0 spiro atoms. The molecular weight excluding hydrogens is 391 g/mol.